The Morgan fingerprint density at radius 2 is 1.38 bits per heavy atom. The van der Waals surface area contributed by atoms with E-state index in [1.807, 2.05) is 6.92 Å². The summed E-state index contributed by atoms with van der Waals surface area (Å²) in [6, 6.07) is 0. The summed E-state index contributed by atoms with van der Waals surface area (Å²) in [4.78, 5) is 21.3. The van der Waals surface area contributed by atoms with Gasteiger partial charge in [0.1, 0.15) is 0 Å². The predicted molar refractivity (Wildman–Crippen MR) is 97.3 cm³/mol. The van der Waals surface area contributed by atoms with Gasteiger partial charge in [-0.05, 0) is 24.7 Å². The van der Waals surface area contributed by atoms with Crippen molar-refractivity contribution in [2.24, 2.45) is 23.7 Å². The van der Waals surface area contributed by atoms with Crippen molar-refractivity contribution >= 4 is 11.9 Å². The molecule has 0 aliphatic carbocycles. The Morgan fingerprint density at radius 3 is 1.71 bits per heavy atom. The molecule has 2 N–H and O–H groups in total. The molecular formula is C20H32O4. The lowest BCUT2D eigenvalue weighted by atomic mass is 9.92. The monoisotopic (exact) mass is 336 g/mol. The van der Waals surface area contributed by atoms with Crippen LogP contribution in [0.15, 0.2) is 0 Å². The number of rotatable bonds is 10. The van der Waals surface area contributed by atoms with E-state index in [2.05, 4.69) is 32.6 Å². The first kappa shape index (κ1) is 24.3. The van der Waals surface area contributed by atoms with Crippen LogP contribution in [-0.2, 0) is 9.59 Å². The summed E-state index contributed by atoms with van der Waals surface area (Å²) in [5.41, 5.74) is 0. The van der Waals surface area contributed by atoms with Gasteiger partial charge in [0.25, 0.3) is 0 Å². The Balaban J connectivity index is 0. The fraction of sp³-hybridized carbons (Fsp3) is 0.700. The van der Waals surface area contributed by atoms with E-state index in [4.69, 9.17) is 23.1 Å². The molecule has 24 heavy (non-hydrogen) atoms. The van der Waals surface area contributed by atoms with E-state index >= 15 is 0 Å². The van der Waals surface area contributed by atoms with Gasteiger partial charge in [0, 0.05) is 12.8 Å². The van der Waals surface area contributed by atoms with Crippen LogP contribution in [0.25, 0.3) is 0 Å². The number of carboxylic acid groups (broad SMARTS) is 2. The average Bonchev–Trinajstić information content (AvgIpc) is 2.50. The smallest absolute Gasteiger partial charge is 0.307 e. The number of carboxylic acids is 2. The van der Waals surface area contributed by atoms with Crippen LogP contribution in [0, 0.1) is 48.4 Å². The predicted octanol–water partition coefficient (Wildman–Crippen LogP) is 4.29. The minimum absolute atomic E-state index is 0.347. The van der Waals surface area contributed by atoms with Crippen molar-refractivity contribution in [1.29, 1.82) is 0 Å². The molecular weight excluding hydrogens is 304 g/mol. The summed E-state index contributed by atoms with van der Waals surface area (Å²) in [5.74, 6) is 3.53. The molecule has 0 bridgehead atoms. The van der Waals surface area contributed by atoms with Gasteiger partial charge in [-0.3, -0.25) is 9.59 Å². The van der Waals surface area contributed by atoms with Gasteiger partial charge in [-0.1, -0.05) is 40.5 Å². The summed E-state index contributed by atoms with van der Waals surface area (Å²) in [6.45, 7) is 8.26. The van der Waals surface area contributed by atoms with E-state index < -0.39 is 11.9 Å². The molecule has 0 spiro atoms. The minimum atomic E-state index is -0.770. The van der Waals surface area contributed by atoms with Gasteiger partial charge < -0.3 is 10.2 Å². The van der Waals surface area contributed by atoms with E-state index in [0.29, 0.717) is 37.5 Å². The first-order valence-corrected chi connectivity index (χ1v) is 8.51. The molecule has 0 radical (unpaired) electrons. The molecule has 0 fully saturated rings. The van der Waals surface area contributed by atoms with Crippen molar-refractivity contribution in [1.82, 2.24) is 0 Å². The summed E-state index contributed by atoms with van der Waals surface area (Å²) in [5, 5.41) is 17.5. The Morgan fingerprint density at radius 1 is 0.917 bits per heavy atom. The Bertz CT molecular complexity index is 440. The first-order chi connectivity index (χ1) is 11.2. The van der Waals surface area contributed by atoms with Crippen molar-refractivity contribution in [2.75, 3.05) is 0 Å². The maximum Gasteiger partial charge on any atom is 0.307 e. The van der Waals surface area contributed by atoms with Gasteiger partial charge in [-0.15, -0.1) is 24.7 Å². The molecule has 0 amide bonds. The van der Waals surface area contributed by atoms with Crippen molar-refractivity contribution in [2.45, 2.75) is 66.2 Å². The molecule has 4 heteroatoms. The zero-order valence-corrected chi connectivity index (χ0v) is 15.4. The van der Waals surface area contributed by atoms with Crippen LogP contribution in [-0.4, -0.2) is 22.2 Å². The Labute approximate surface area is 147 Å². The van der Waals surface area contributed by atoms with Crippen molar-refractivity contribution in [3.05, 3.63) is 0 Å². The zero-order valence-electron chi connectivity index (χ0n) is 15.4. The van der Waals surface area contributed by atoms with Crippen molar-refractivity contribution in [3.63, 3.8) is 0 Å². The summed E-state index contributed by atoms with van der Waals surface area (Å²) >= 11 is 0. The lowest BCUT2D eigenvalue weighted by molar-refractivity contribution is -0.143. The summed E-state index contributed by atoms with van der Waals surface area (Å²) < 4.78 is 0. The molecule has 0 saturated carbocycles. The van der Waals surface area contributed by atoms with E-state index in [1.54, 1.807) is 0 Å². The molecule has 3 atom stereocenters. The fourth-order valence-corrected chi connectivity index (χ4v) is 2.06. The highest BCUT2D eigenvalue weighted by atomic mass is 16.4. The molecule has 0 aromatic carbocycles. The number of hydrogen-bond acceptors (Lipinski definition) is 2. The van der Waals surface area contributed by atoms with Gasteiger partial charge in [0.2, 0.25) is 0 Å². The highest BCUT2D eigenvalue weighted by Crippen LogP contribution is 2.18. The van der Waals surface area contributed by atoms with Crippen LogP contribution in [0.1, 0.15) is 66.2 Å². The molecule has 3 unspecified atom stereocenters. The molecule has 0 aromatic heterocycles. The van der Waals surface area contributed by atoms with E-state index in [0.717, 1.165) is 12.8 Å². The minimum Gasteiger partial charge on any atom is -0.481 e. The topological polar surface area (TPSA) is 74.6 Å². The molecule has 0 aliphatic heterocycles. The molecule has 0 aromatic rings. The molecule has 4 nitrogen and oxygen atoms in total. The van der Waals surface area contributed by atoms with Gasteiger partial charge in [0.15, 0.2) is 0 Å². The van der Waals surface area contributed by atoms with Crippen LogP contribution in [0.2, 0.25) is 0 Å². The Kier molecular flexibility index (Phi) is 14.8. The van der Waals surface area contributed by atoms with Crippen LogP contribution in [0.3, 0.4) is 0 Å². The SMILES string of the molecule is C#CCC(CC(C)CC)C(=O)O.C#CCC(CCC(C)C)C(=O)O. The number of aliphatic carboxylic acids is 2. The normalized spacial score (nSPS) is 13.6. The molecule has 136 valence electrons. The van der Waals surface area contributed by atoms with E-state index in [-0.39, 0.29) is 11.8 Å². The Hall–Kier alpha value is -1.94. The summed E-state index contributed by atoms with van der Waals surface area (Å²) in [6.07, 6.45) is 14.1. The van der Waals surface area contributed by atoms with Crippen molar-refractivity contribution in [3.8, 4) is 24.7 Å². The standard InChI is InChI=1S/2C10H16O2/c1-4-5-9(10(11)12)7-6-8(2)3;1-4-6-9(10(11)12)7-8(3)5-2/h2*1,8-9H,5-7H2,2-3H3,(H,11,12). The zero-order chi connectivity index (χ0) is 19.1. The highest BCUT2D eigenvalue weighted by molar-refractivity contribution is 5.70. The number of hydrogen-bond donors (Lipinski definition) is 2. The maximum absolute atomic E-state index is 10.6. The second-order valence-electron chi connectivity index (χ2n) is 6.61. The lowest BCUT2D eigenvalue weighted by Crippen LogP contribution is -2.16. The van der Waals surface area contributed by atoms with Crippen LogP contribution in [0.4, 0.5) is 0 Å². The highest BCUT2D eigenvalue weighted by Gasteiger charge is 2.18. The quantitative estimate of drug-likeness (QED) is 0.583. The van der Waals surface area contributed by atoms with E-state index in [9.17, 15) is 9.59 Å². The lowest BCUT2D eigenvalue weighted by Gasteiger charge is -2.13. The van der Waals surface area contributed by atoms with Gasteiger partial charge in [-0.25, -0.2) is 0 Å². The molecule has 0 saturated heterocycles. The molecule has 0 aliphatic rings. The van der Waals surface area contributed by atoms with Gasteiger partial charge >= 0.3 is 11.9 Å². The first-order valence-electron chi connectivity index (χ1n) is 8.51. The van der Waals surface area contributed by atoms with Crippen molar-refractivity contribution < 1.29 is 19.8 Å². The third-order valence-electron chi connectivity index (χ3n) is 3.90. The fourth-order valence-electron chi connectivity index (χ4n) is 2.06. The molecule has 0 heterocycles. The maximum atomic E-state index is 10.6. The van der Waals surface area contributed by atoms with Gasteiger partial charge in [-0.2, -0.15) is 0 Å². The van der Waals surface area contributed by atoms with Crippen LogP contribution in [0.5, 0.6) is 0 Å². The number of terminal acetylenes is 2. The third kappa shape index (κ3) is 13.7. The van der Waals surface area contributed by atoms with E-state index in [1.165, 1.54) is 0 Å². The summed E-state index contributed by atoms with van der Waals surface area (Å²) in [7, 11) is 0. The van der Waals surface area contributed by atoms with Crippen LogP contribution >= 0.6 is 0 Å². The average molecular weight is 336 g/mol. The largest absolute Gasteiger partial charge is 0.481 e. The third-order valence-corrected chi connectivity index (χ3v) is 3.90. The van der Waals surface area contributed by atoms with Gasteiger partial charge in [0.05, 0.1) is 11.8 Å². The molecule has 0 rings (SSSR count). The van der Waals surface area contributed by atoms with Crippen LogP contribution < -0.4 is 0 Å². The second-order valence-corrected chi connectivity index (χ2v) is 6.61. The second kappa shape index (κ2) is 14.6. The number of carbonyl (C=O) groups is 2.